The van der Waals surface area contributed by atoms with Gasteiger partial charge in [0.05, 0.1) is 47.2 Å². The summed E-state index contributed by atoms with van der Waals surface area (Å²) < 4.78 is 68.6. The number of nitrogens with zero attached hydrogens (tertiary/aromatic N) is 7. The number of ether oxygens (including phenoxy) is 8. The molecule has 19 atom stereocenters. The van der Waals surface area contributed by atoms with Crippen LogP contribution in [-0.2, 0) is 58.7 Å². The molecule has 0 bridgehead atoms. The molecule has 0 spiro atoms. The van der Waals surface area contributed by atoms with Crippen LogP contribution >= 0.6 is 0 Å². The first-order valence-electron chi connectivity index (χ1n) is 29.5. The molecule has 1 unspecified atom stereocenters. The van der Waals surface area contributed by atoms with Crippen molar-refractivity contribution < 1.29 is 66.6 Å². The molecule has 6 heterocycles. The van der Waals surface area contributed by atoms with Crippen molar-refractivity contribution in [2.75, 3.05) is 47.3 Å². The predicted octanol–water partition coefficient (Wildman–Crippen LogP) is 6.79. The molecule has 1 aliphatic carbocycles. The molecule has 4 aliphatic heterocycles. The number of fused-ring (bicyclic) bond motifs is 1. The number of aliphatic hydroxyl groups is 1. The Morgan fingerprint density at radius 1 is 0.940 bits per heavy atom. The van der Waals surface area contributed by atoms with Gasteiger partial charge in [0.1, 0.15) is 42.9 Å². The predicted molar refractivity (Wildman–Crippen MR) is 302 cm³/mol. The van der Waals surface area contributed by atoms with E-state index in [1.807, 2.05) is 72.9 Å². The maximum Gasteiger partial charge on any atom is 0.429 e. The minimum absolute atomic E-state index is 0.0434. The number of carbonyl (C=O) groups is 4. The number of cyclic esters (lactones) is 1. The van der Waals surface area contributed by atoms with E-state index in [1.165, 1.54) is 4.68 Å². The van der Waals surface area contributed by atoms with Gasteiger partial charge in [-0.25, -0.2) is 28.8 Å². The number of alkyl halides is 1. The third-order valence-corrected chi connectivity index (χ3v) is 19.0. The average molecular weight is 1160 g/mol. The highest BCUT2D eigenvalue weighted by Gasteiger charge is 2.62. The number of hydrogen-bond donors (Lipinski definition) is 3. The highest BCUT2D eigenvalue weighted by atomic mass is 19.1. The summed E-state index contributed by atoms with van der Waals surface area (Å²) in [6, 6.07) is 5.66. The lowest BCUT2D eigenvalue weighted by atomic mass is 9.67. The Balaban J connectivity index is 1.06. The van der Waals surface area contributed by atoms with Gasteiger partial charge in [-0.15, -0.1) is 5.10 Å². The van der Waals surface area contributed by atoms with Gasteiger partial charge >= 0.3 is 12.1 Å². The average Bonchev–Trinajstić information content (AvgIpc) is 2.46. The summed E-state index contributed by atoms with van der Waals surface area (Å²) in [5.41, 5.74) is 7.67. The van der Waals surface area contributed by atoms with E-state index in [9.17, 15) is 14.7 Å². The van der Waals surface area contributed by atoms with Gasteiger partial charge in [0.2, 0.25) is 11.9 Å². The monoisotopic (exact) mass is 1160 g/mol. The standard InChI is InChI=1S/C60H90FN9O13/c1-15-46-60(10)51(70(57(75)83-60)66-54(73)40-20-21-40)36(6)49(71)32(2)26-59(9,78-14)53(34(4)48(35(5)55(74)81-46)45-27-58(8,77-13)52(72)37(7)80-45)82-47-25-43(24-33(3)79-47)68(11)23-22-42-31-69(67-65-42)44(28-61)50(76-12)39-18-16-38(17-19-39)41-29-63-56(62)64-30-41/h16-19,29-37,40,43-48,50-53,72H,15,20-28H2,1-14H3,(H,66,73)(H2,62,63,64)/t32-,33-,34+,35-,36+,37+,43+,44-,45-,46-,47+,48?,50-,51-,52+,53-,58-,59-,60-/m1/s1. The van der Waals surface area contributed by atoms with Crippen LogP contribution < -0.4 is 11.2 Å². The number of aromatic nitrogens is 5. The van der Waals surface area contributed by atoms with Crippen LogP contribution in [0.5, 0.6) is 0 Å². The molecule has 8 rings (SSSR count). The zero-order chi connectivity index (χ0) is 60.5. The number of rotatable bonds is 18. The zero-order valence-corrected chi connectivity index (χ0v) is 50.9. The summed E-state index contributed by atoms with van der Waals surface area (Å²) >= 11 is 0. The number of aliphatic hydroxyl groups excluding tert-OH is 1. The molecular weight excluding hydrogens is 1070 g/mol. The molecule has 2 aromatic heterocycles. The fourth-order valence-electron chi connectivity index (χ4n) is 13.8. The van der Waals surface area contributed by atoms with E-state index in [0.29, 0.717) is 44.3 Å². The number of benzene rings is 1. The van der Waals surface area contributed by atoms with Crippen molar-refractivity contribution in [3.63, 3.8) is 0 Å². The molecule has 1 saturated carbocycles. The fourth-order valence-corrected chi connectivity index (χ4v) is 13.8. The van der Waals surface area contributed by atoms with Gasteiger partial charge in [0.25, 0.3) is 0 Å². The minimum Gasteiger partial charge on any atom is -0.458 e. The summed E-state index contributed by atoms with van der Waals surface area (Å²) in [5.74, 6) is -5.08. The van der Waals surface area contributed by atoms with Crippen LogP contribution in [0.2, 0.25) is 0 Å². The second-order valence-corrected chi connectivity index (χ2v) is 24.8. The number of carbonyl (C=O) groups excluding carboxylic acids is 4. The topological polar surface area (TPSA) is 263 Å². The molecule has 1 aromatic carbocycles. The molecule has 5 fully saturated rings. The second kappa shape index (κ2) is 26.1. The lowest BCUT2D eigenvalue weighted by Crippen LogP contribution is -2.62. The van der Waals surface area contributed by atoms with Crippen LogP contribution in [0.3, 0.4) is 0 Å². The number of Topliss-reactive ketones (excluding diaryl/α,β-unsaturated/α-hetero) is 1. The van der Waals surface area contributed by atoms with Gasteiger partial charge in [0.15, 0.2) is 11.9 Å². The maximum atomic E-state index is 15.2. The van der Waals surface area contributed by atoms with Crippen molar-refractivity contribution in [3.8, 4) is 11.1 Å². The SMILES string of the molecule is CC[C@H]1OC(=O)[C@H](C)C([C@H]2C[C@@](C)(OC)[C@@H](O)[C@H](C)O2)[C@H](C)[C@@H](O[C@H]2C[C@@H](N(C)CCc3cn([C@H](CF)[C@H](OC)c4ccc(-c5cnc(N)nc5)cc4)nn3)C[C@@H](C)O2)[C@](C)(OC)C[C@@H](C)C(=O)[C@H](C)[C@H]2N(NC(=O)C3CC3)C(=O)O[C@]12C. The van der Waals surface area contributed by atoms with E-state index >= 15 is 14.0 Å². The van der Waals surface area contributed by atoms with E-state index in [4.69, 9.17) is 43.6 Å². The van der Waals surface area contributed by atoms with Crippen molar-refractivity contribution in [2.24, 2.45) is 35.5 Å². The lowest BCUT2D eigenvalue weighted by Gasteiger charge is -2.52. The van der Waals surface area contributed by atoms with Crippen molar-refractivity contribution >= 4 is 29.7 Å². The molecule has 3 aromatic rings. The first-order chi connectivity index (χ1) is 39.3. The molecule has 83 heavy (non-hydrogen) atoms. The largest absolute Gasteiger partial charge is 0.458 e. The maximum absolute atomic E-state index is 15.2. The fraction of sp³-hybridized carbons (Fsp3) is 0.733. The van der Waals surface area contributed by atoms with Gasteiger partial charge in [0, 0.05) is 101 Å². The number of likely N-dealkylation sites (N-methyl/N-ethyl adjacent to an activating group) is 1. The third kappa shape index (κ3) is 13.4. The summed E-state index contributed by atoms with van der Waals surface area (Å²) in [4.78, 5) is 68.1. The summed E-state index contributed by atoms with van der Waals surface area (Å²) in [5, 5.41) is 21.5. The van der Waals surface area contributed by atoms with Crippen LogP contribution in [-0.4, -0.2) is 177 Å². The molecule has 5 aliphatic rings. The van der Waals surface area contributed by atoms with Crippen molar-refractivity contribution in [3.05, 3.63) is 54.1 Å². The molecule has 460 valence electrons. The first-order valence-corrected chi connectivity index (χ1v) is 29.5. The molecular formula is C60H90FN9O13. The van der Waals surface area contributed by atoms with Crippen LogP contribution in [0.25, 0.3) is 11.1 Å². The van der Waals surface area contributed by atoms with E-state index in [2.05, 4.69) is 30.6 Å². The molecule has 22 nitrogen and oxygen atoms in total. The van der Waals surface area contributed by atoms with Crippen molar-refractivity contribution in [1.82, 2.24) is 40.3 Å². The van der Waals surface area contributed by atoms with E-state index < -0.39 is 120 Å². The number of ketones is 1. The summed E-state index contributed by atoms with van der Waals surface area (Å²) in [6.07, 6.45) is 1.69. The van der Waals surface area contributed by atoms with Gasteiger partial charge in [-0.1, -0.05) is 64.1 Å². The minimum atomic E-state index is -1.57. The number of methoxy groups -OCH3 is 3. The molecule has 4 saturated heterocycles. The van der Waals surface area contributed by atoms with Gasteiger partial charge < -0.3 is 53.6 Å². The van der Waals surface area contributed by atoms with E-state index in [0.717, 1.165) is 21.7 Å². The number of esters is 1. The van der Waals surface area contributed by atoms with Crippen LogP contribution in [0.15, 0.2) is 42.9 Å². The summed E-state index contributed by atoms with van der Waals surface area (Å²) in [6.45, 7) is 18.1. The number of amides is 2. The molecule has 4 N–H and O–H groups in total. The zero-order valence-electron chi connectivity index (χ0n) is 50.9. The number of nitrogen functional groups attached to an aromatic ring is 1. The molecule has 2 amide bonds. The Kier molecular flexibility index (Phi) is 20.1. The van der Waals surface area contributed by atoms with Gasteiger partial charge in [-0.2, -0.15) is 0 Å². The van der Waals surface area contributed by atoms with Crippen LogP contribution in [0.1, 0.15) is 138 Å². The Morgan fingerprint density at radius 2 is 1.61 bits per heavy atom. The van der Waals surface area contributed by atoms with Crippen molar-refractivity contribution in [2.45, 2.75) is 205 Å². The normalized spacial score (nSPS) is 36.4. The molecule has 23 heteroatoms. The van der Waals surface area contributed by atoms with Crippen molar-refractivity contribution in [1.29, 1.82) is 0 Å². The number of nitrogens with two attached hydrogens (primary N) is 1. The Labute approximate surface area is 487 Å². The van der Waals surface area contributed by atoms with Gasteiger partial charge in [-0.05, 0) is 90.8 Å². The number of hydrazine groups is 1. The Morgan fingerprint density at radius 3 is 2.23 bits per heavy atom. The number of anilines is 1. The smallest absolute Gasteiger partial charge is 0.429 e. The van der Waals surface area contributed by atoms with E-state index in [1.54, 1.807) is 67.6 Å². The van der Waals surface area contributed by atoms with Gasteiger partial charge in [-0.3, -0.25) is 19.8 Å². The molecule has 0 radical (unpaired) electrons. The van der Waals surface area contributed by atoms with Crippen LogP contribution in [0, 0.1) is 35.5 Å². The highest BCUT2D eigenvalue weighted by molar-refractivity contribution is 5.87. The first kappa shape index (κ1) is 63.7. The lowest BCUT2D eigenvalue weighted by molar-refractivity contribution is -0.278. The van der Waals surface area contributed by atoms with E-state index in [-0.39, 0.29) is 55.0 Å². The number of halogens is 1. The Bertz CT molecular complexity index is 2710. The highest BCUT2D eigenvalue weighted by Crippen LogP contribution is 2.48. The van der Waals surface area contributed by atoms with Crippen LogP contribution in [0.4, 0.5) is 15.1 Å². The third-order valence-electron chi connectivity index (χ3n) is 19.0. The number of hydrogen-bond acceptors (Lipinski definition) is 19. The Hall–Kier alpha value is -5.27. The second-order valence-electron chi connectivity index (χ2n) is 24.8. The summed E-state index contributed by atoms with van der Waals surface area (Å²) in [7, 11) is 6.70. The number of nitrogens with one attached hydrogen (secondary N) is 1. The quantitative estimate of drug-likeness (QED) is 0.111.